The van der Waals surface area contributed by atoms with Gasteiger partial charge in [0.15, 0.2) is 0 Å². The first-order valence-electron chi connectivity index (χ1n) is 8.18. The SMILES string of the molecule is COc1cc(Cl)c(S(=O)(=O)N2CCC(NCC3CC3)CC2)cc1Cl.Cl. The molecular formula is C16H23Cl3N2O3S. The molecule has 0 unspecified atom stereocenters. The van der Waals surface area contributed by atoms with E-state index >= 15 is 0 Å². The Kier molecular flexibility index (Phi) is 7.27. The molecule has 5 nitrogen and oxygen atoms in total. The Morgan fingerprint density at radius 2 is 1.80 bits per heavy atom. The summed E-state index contributed by atoms with van der Waals surface area (Å²) in [5.74, 6) is 1.19. The van der Waals surface area contributed by atoms with E-state index in [9.17, 15) is 8.42 Å². The van der Waals surface area contributed by atoms with Gasteiger partial charge in [0.25, 0.3) is 0 Å². The third kappa shape index (κ3) is 4.93. The van der Waals surface area contributed by atoms with Crippen LogP contribution in [-0.2, 0) is 10.0 Å². The third-order valence-corrected chi connectivity index (χ3v) is 7.33. The number of ether oxygens (including phenoxy) is 1. The summed E-state index contributed by atoms with van der Waals surface area (Å²) >= 11 is 12.2. The molecule has 142 valence electrons. The molecule has 2 fully saturated rings. The Morgan fingerprint density at radius 3 is 2.36 bits per heavy atom. The van der Waals surface area contributed by atoms with E-state index in [4.69, 9.17) is 27.9 Å². The molecule has 1 heterocycles. The van der Waals surface area contributed by atoms with Crippen LogP contribution in [0.3, 0.4) is 0 Å². The molecule has 0 aromatic heterocycles. The number of nitrogens with one attached hydrogen (secondary N) is 1. The second-order valence-electron chi connectivity index (χ2n) is 6.45. The molecule has 3 rings (SSSR count). The summed E-state index contributed by atoms with van der Waals surface area (Å²) < 4.78 is 32.3. The molecule has 2 aliphatic rings. The van der Waals surface area contributed by atoms with Gasteiger partial charge in [0, 0.05) is 25.2 Å². The van der Waals surface area contributed by atoms with Crippen molar-refractivity contribution in [3.05, 3.63) is 22.2 Å². The number of methoxy groups -OCH3 is 1. The van der Waals surface area contributed by atoms with Crippen molar-refractivity contribution < 1.29 is 13.2 Å². The number of rotatable bonds is 6. The van der Waals surface area contributed by atoms with Crippen molar-refractivity contribution in [3.63, 3.8) is 0 Å². The molecule has 1 aromatic rings. The Morgan fingerprint density at radius 1 is 1.16 bits per heavy atom. The van der Waals surface area contributed by atoms with Crippen LogP contribution in [0.4, 0.5) is 0 Å². The van der Waals surface area contributed by atoms with Gasteiger partial charge < -0.3 is 10.1 Å². The predicted molar refractivity (Wildman–Crippen MR) is 103 cm³/mol. The molecule has 1 aromatic carbocycles. The van der Waals surface area contributed by atoms with E-state index in [2.05, 4.69) is 5.32 Å². The molecule has 1 aliphatic carbocycles. The lowest BCUT2D eigenvalue weighted by Crippen LogP contribution is -2.45. The lowest BCUT2D eigenvalue weighted by atomic mass is 10.1. The summed E-state index contributed by atoms with van der Waals surface area (Å²) in [6.45, 7) is 2.03. The Bertz CT molecular complexity index is 703. The van der Waals surface area contributed by atoms with Crippen molar-refractivity contribution in [1.29, 1.82) is 0 Å². The van der Waals surface area contributed by atoms with Gasteiger partial charge in [-0.15, -0.1) is 12.4 Å². The number of sulfonamides is 1. The molecule has 1 aliphatic heterocycles. The molecule has 1 N–H and O–H groups in total. The second kappa shape index (κ2) is 8.63. The Hall–Kier alpha value is -0.240. The normalized spacial score (nSPS) is 19.5. The molecule has 1 saturated carbocycles. The number of piperidine rings is 1. The minimum absolute atomic E-state index is 0. The van der Waals surface area contributed by atoms with Gasteiger partial charge in [-0.3, -0.25) is 0 Å². The molecule has 25 heavy (non-hydrogen) atoms. The van der Waals surface area contributed by atoms with Crippen molar-refractivity contribution in [1.82, 2.24) is 9.62 Å². The summed E-state index contributed by atoms with van der Waals surface area (Å²) in [4.78, 5) is 0.0411. The Balaban J connectivity index is 0.00000225. The maximum atomic E-state index is 12.9. The van der Waals surface area contributed by atoms with E-state index < -0.39 is 10.0 Å². The van der Waals surface area contributed by atoms with Crippen molar-refractivity contribution >= 4 is 45.6 Å². The maximum absolute atomic E-state index is 12.9. The number of nitrogens with zero attached hydrogens (tertiary/aromatic N) is 1. The first-order valence-corrected chi connectivity index (χ1v) is 10.4. The molecule has 0 radical (unpaired) electrons. The van der Waals surface area contributed by atoms with Crippen LogP contribution in [0.15, 0.2) is 17.0 Å². The van der Waals surface area contributed by atoms with Gasteiger partial charge in [-0.05, 0) is 44.2 Å². The van der Waals surface area contributed by atoms with E-state index in [1.54, 1.807) is 0 Å². The highest BCUT2D eigenvalue weighted by atomic mass is 35.5. The van der Waals surface area contributed by atoms with Crippen LogP contribution in [0.5, 0.6) is 5.75 Å². The van der Waals surface area contributed by atoms with Crippen LogP contribution in [0.2, 0.25) is 10.0 Å². The largest absolute Gasteiger partial charge is 0.495 e. The molecule has 0 bridgehead atoms. The zero-order valence-corrected chi connectivity index (χ0v) is 17.1. The fraction of sp³-hybridized carbons (Fsp3) is 0.625. The van der Waals surface area contributed by atoms with Gasteiger partial charge in [-0.2, -0.15) is 4.31 Å². The van der Waals surface area contributed by atoms with E-state index in [0.717, 1.165) is 25.3 Å². The highest BCUT2D eigenvalue weighted by molar-refractivity contribution is 7.89. The second-order valence-corrected chi connectivity index (χ2v) is 9.17. The van der Waals surface area contributed by atoms with E-state index in [1.165, 1.54) is 36.4 Å². The van der Waals surface area contributed by atoms with Crippen LogP contribution in [0, 0.1) is 5.92 Å². The van der Waals surface area contributed by atoms with Gasteiger partial charge >= 0.3 is 0 Å². The van der Waals surface area contributed by atoms with E-state index in [-0.39, 0.29) is 27.3 Å². The topological polar surface area (TPSA) is 58.6 Å². The molecular weight excluding hydrogens is 407 g/mol. The Labute approximate surface area is 165 Å². The monoisotopic (exact) mass is 428 g/mol. The number of hydrogen-bond donors (Lipinski definition) is 1. The summed E-state index contributed by atoms with van der Waals surface area (Å²) in [5.41, 5.74) is 0. The van der Waals surface area contributed by atoms with Gasteiger partial charge in [-0.25, -0.2) is 8.42 Å². The van der Waals surface area contributed by atoms with Crippen molar-refractivity contribution in [2.24, 2.45) is 5.92 Å². The van der Waals surface area contributed by atoms with Crippen molar-refractivity contribution in [2.75, 3.05) is 26.7 Å². The maximum Gasteiger partial charge on any atom is 0.244 e. The summed E-state index contributed by atoms with van der Waals surface area (Å²) in [7, 11) is -2.19. The van der Waals surface area contributed by atoms with Gasteiger partial charge in [0.05, 0.1) is 17.2 Å². The number of halogens is 3. The van der Waals surface area contributed by atoms with Crippen LogP contribution >= 0.6 is 35.6 Å². The summed E-state index contributed by atoms with van der Waals surface area (Å²) in [5, 5.41) is 3.91. The van der Waals surface area contributed by atoms with Crippen molar-refractivity contribution in [3.8, 4) is 5.75 Å². The van der Waals surface area contributed by atoms with Gasteiger partial charge in [-0.1, -0.05) is 23.2 Å². The molecule has 9 heteroatoms. The summed E-state index contributed by atoms with van der Waals surface area (Å²) in [6.07, 6.45) is 4.26. The highest BCUT2D eigenvalue weighted by Crippen LogP contribution is 2.35. The highest BCUT2D eigenvalue weighted by Gasteiger charge is 2.32. The van der Waals surface area contributed by atoms with E-state index in [1.807, 2.05) is 0 Å². The average molecular weight is 430 g/mol. The third-order valence-electron chi connectivity index (χ3n) is 4.67. The number of hydrogen-bond acceptors (Lipinski definition) is 4. The van der Waals surface area contributed by atoms with Gasteiger partial charge in [0.2, 0.25) is 10.0 Å². The average Bonchev–Trinajstić information content (AvgIpc) is 3.39. The van der Waals surface area contributed by atoms with Crippen LogP contribution in [-0.4, -0.2) is 45.5 Å². The zero-order valence-electron chi connectivity index (χ0n) is 14.0. The molecule has 0 atom stereocenters. The minimum atomic E-state index is -3.65. The first kappa shape index (κ1) is 21.1. The molecule has 0 spiro atoms. The van der Waals surface area contributed by atoms with Crippen molar-refractivity contribution in [2.45, 2.75) is 36.6 Å². The fourth-order valence-corrected chi connectivity index (χ4v) is 5.25. The quantitative estimate of drug-likeness (QED) is 0.751. The minimum Gasteiger partial charge on any atom is -0.495 e. The van der Waals surface area contributed by atoms with Crippen LogP contribution in [0.1, 0.15) is 25.7 Å². The predicted octanol–water partition coefficient (Wildman–Crippen LogP) is 3.58. The zero-order chi connectivity index (χ0) is 17.3. The fourth-order valence-electron chi connectivity index (χ4n) is 2.96. The smallest absolute Gasteiger partial charge is 0.244 e. The molecule has 0 amide bonds. The lowest BCUT2D eigenvalue weighted by molar-refractivity contribution is 0.288. The first-order chi connectivity index (χ1) is 11.4. The standard InChI is InChI=1S/C16H22Cl2N2O3S.ClH/c1-23-15-8-14(18)16(9-13(15)17)24(21,22)20-6-4-12(5-7-20)19-10-11-2-3-11;/h8-9,11-12,19H,2-7,10H2,1H3;1H. The van der Waals surface area contributed by atoms with Crippen LogP contribution in [0.25, 0.3) is 0 Å². The number of benzene rings is 1. The van der Waals surface area contributed by atoms with Crippen LogP contribution < -0.4 is 10.1 Å². The van der Waals surface area contributed by atoms with E-state index in [0.29, 0.717) is 24.9 Å². The lowest BCUT2D eigenvalue weighted by Gasteiger charge is -2.32. The molecule has 1 saturated heterocycles. The summed E-state index contributed by atoms with van der Waals surface area (Å²) in [6, 6.07) is 3.21. The van der Waals surface area contributed by atoms with Gasteiger partial charge in [0.1, 0.15) is 10.6 Å².